The van der Waals surface area contributed by atoms with Crippen molar-refractivity contribution in [3.63, 3.8) is 0 Å². The fraction of sp³-hybridized carbons (Fsp3) is 0.364. The molecule has 0 aliphatic heterocycles. The second-order valence-electron chi connectivity index (χ2n) is 6.98. The van der Waals surface area contributed by atoms with Gasteiger partial charge in [-0.05, 0) is 31.4 Å². The number of hydrogen-bond donors (Lipinski definition) is 1. The quantitative estimate of drug-likeness (QED) is 0.518. The molecule has 0 spiro atoms. The standard InChI is InChI=1S/C22H27N3O4/c1-4-13-23-22(27)17(3)24(15-19-11-6-5-9-16(19)2)21(26)14-18-10-7-8-12-20(18)25(28)29/h5-12,17H,4,13-15H2,1-3H3,(H,23,27). The van der Waals surface area contributed by atoms with Crippen LogP contribution in [-0.4, -0.2) is 34.2 Å². The molecule has 29 heavy (non-hydrogen) atoms. The third kappa shape index (κ3) is 5.88. The third-order valence-electron chi connectivity index (χ3n) is 4.85. The summed E-state index contributed by atoms with van der Waals surface area (Å²) in [5, 5.41) is 14.1. The number of nitrogens with zero attached hydrogens (tertiary/aromatic N) is 2. The molecule has 2 aromatic carbocycles. The van der Waals surface area contributed by atoms with Crippen LogP contribution in [0.25, 0.3) is 0 Å². The molecule has 0 radical (unpaired) electrons. The highest BCUT2D eigenvalue weighted by atomic mass is 16.6. The summed E-state index contributed by atoms with van der Waals surface area (Å²) < 4.78 is 0. The fourth-order valence-electron chi connectivity index (χ4n) is 3.05. The Hall–Kier alpha value is -3.22. The van der Waals surface area contributed by atoms with Gasteiger partial charge in [0.15, 0.2) is 0 Å². The number of nitrogens with one attached hydrogen (secondary N) is 1. The average Bonchev–Trinajstić information content (AvgIpc) is 2.71. The van der Waals surface area contributed by atoms with Crippen molar-refractivity contribution in [2.75, 3.05) is 6.54 Å². The maximum Gasteiger partial charge on any atom is 0.273 e. The number of carbonyl (C=O) groups is 2. The monoisotopic (exact) mass is 397 g/mol. The molecule has 2 amide bonds. The molecule has 2 rings (SSSR count). The second-order valence-corrected chi connectivity index (χ2v) is 6.98. The molecular formula is C22H27N3O4. The van der Waals surface area contributed by atoms with Gasteiger partial charge in [0.05, 0.1) is 11.3 Å². The molecule has 0 fully saturated rings. The zero-order valence-corrected chi connectivity index (χ0v) is 17.1. The van der Waals surface area contributed by atoms with Gasteiger partial charge in [-0.2, -0.15) is 0 Å². The molecule has 0 aliphatic carbocycles. The predicted octanol–water partition coefficient (Wildman–Crippen LogP) is 3.39. The zero-order valence-electron chi connectivity index (χ0n) is 17.1. The molecule has 7 heteroatoms. The number of aryl methyl sites for hydroxylation is 1. The number of carbonyl (C=O) groups excluding carboxylic acids is 2. The summed E-state index contributed by atoms with van der Waals surface area (Å²) in [4.78, 5) is 38.0. The minimum atomic E-state index is -0.698. The van der Waals surface area contributed by atoms with Gasteiger partial charge in [-0.25, -0.2) is 0 Å². The Balaban J connectivity index is 2.31. The number of nitro benzene ring substituents is 1. The van der Waals surface area contributed by atoms with Crippen molar-refractivity contribution >= 4 is 17.5 Å². The maximum atomic E-state index is 13.1. The number of rotatable bonds is 9. The summed E-state index contributed by atoms with van der Waals surface area (Å²) >= 11 is 0. The summed E-state index contributed by atoms with van der Waals surface area (Å²) in [7, 11) is 0. The highest BCUT2D eigenvalue weighted by Gasteiger charge is 2.28. The lowest BCUT2D eigenvalue weighted by Gasteiger charge is -2.29. The van der Waals surface area contributed by atoms with Gasteiger partial charge >= 0.3 is 0 Å². The highest BCUT2D eigenvalue weighted by molar-refractivity contribution is 5.88. The van der Waals surface area contributed by atoms with E-state index in [1.54, 1.807) is 25.1 Å². The van der Waals surface area contributed by atoms with E-state index in [2.05, 4.69) is 5.32 Å². The van der Waals surface area contributed by atoms with Gasteiger partial charge in [-0.3, -0.25) is 19.7 Å². The molecule has 1 N–H and O–H groups in total. The van der Waals surface area contributed by atoms with Crippen LogP contribution in [0.15, 0.2) is 48.5 Å². The maximum absolute atomic E-state index is 13.1. The van der Waals surface area contributed by atoms with E-state index in [4.69, 9.17) is 0 Å². The molecule has 154 valence electrons. The lowest BCUT2D eigenvalue weighted by molar-refractivity contribution is -0.385. The third-order valence-corrected chi connectivity index (χ3v) is 4.85. The molecule has 0 aromatic heterocycles. The summed E-state index contributed by atoms with van der Waals surface area (Å²) in [6.45, 7) is 6.37. The number of benzene rings is 2. The lowest BCUT2D eigenvalue weighted by Crippen LogP contribution is -2.48. The van der Waals surface area contributed by atoms with Crippen LogP contribution in [0.4, 0.5) is 5.69 Å². The smallest absolute Gasteiger partial charge is 0.273 e. The van der Waals surface area contributed by atoms with Crippen molar-refractivity contribution in [2.24, 2.45) is 0 Å². The molecule has 1 unspecified atom stereocenters. The van der Waals surface area contributed by atoms with Crippen molar-refractivity contribution < 1.29 is 14.5 Å². The lowest BCUT2D eigenvalue weighted by atomic mass is 10.0. The van der Waals surface area contributed by atoms with Crippen LogP contribution >= 0.6 is 0 Å². The minimum absolute atomic E-state index is 0.0974. The SMILES string of the molecule is CCCNC(=O)C(C)N(Cc1ccccc1C)C(=O)Cc1ccccc1[N+](=O)[O-]. The number of amides is 2. The van der Waals surface area contributed by atoms with Crippen molar-refractivity contribution in [3.8, 4) is 0 Å². The summed E-state index contributed by atoms with van der Waals surface area (Å²) in [5.74, 6) is -0.571. The Labute approximate surface area is 170 Å². The van der Waals surface area contributed by atoms with Crippen LogP contribution in [0.5, 0.6) is 0 Å². The molecule has 0 saturated carbocycles. The minimum Gasteiger partial charge on any atom is -0.354 e. The molecular weight excluding hydrogens is 370 g/mol. The first kappa shape index (κ1) is 22.1. The highest BCUT2D eigenvalue weighted by Crippen LogP contribution is 2.21. The van der Waals surface area contributed by atoms with E-state index in [0.717, 1.165) is 17.5 Å². The van der Waals surface area contributed by atoms with Gasteiger partial charge in [0.25, 0.3) is 5.69 Å². The van der Waals surface area contributed by atoms with Crippen molar-refractivity contribution in [2.45, 2.75) is 46.2 Å². The molecule has 0 bridgehead atoms. The van der Waals surface area contributed by atoms with Crippen LogP contribution in [0.3, 0.4) is 0 Å². The van der Waals surface area contributed by atoms with Crippen LogP contribution in [0.2, 0.25) is 0 Å². The molecule has 0 saturated heterocycles. The molecule has 7 nitrogen and oxygen atoms in total. The van der Waals surface area contributed by atoms with E-state index in [1.165, 1.54) is 11.0 Å². The Bertz CT molecular complexity index is 882. The fourth-order valence-corrected chi connectivity index (χ4v) is 3.05. The van der Waals surface area contributed by atoms with Crippen LogP contribution in [0, 0.1) is 17.0 Å². The van der Waals surface area contributed by atoms with E-state index in [1.807, 2.05) is 38.1 Å². The summed E-state index contributed by atoms with van der Waals surface area (Å²) in [6, 6.07) is 13.1. The van der Waals surface area contributed by atoms with Crippen molar-refractivity contribution in [3.05, 3.63) is 75.3 Å². The van der Waals surface area contributed by atoms with Gasteiger partial charge in [0, 0.05) is 24.7 Å². The summed E-state index contributed by atoms with van der Waals surface area (Å²) in [5.41, 5.74) is 2.17. The van der Waals surface area contributed by atoms with Gasteiger partial charge in [0.2, 0.25) is 11.8 Å². The molecule has 0 heterocycles. The van der Waals surface area contributed by atoms with Crippen LogP contribution in [0.1, 0.15) is 37.0 Å². The Kier molecular flexibility index (Phi) is 7.88. The Morgan fingerprint density at radius 1 is 1.10 bits per heavy atom. The predicted molar refractivity (Wildman–Crippen MR) is 111 cm³/mol. The van der Waals surface area contributed by atoms with E-state index in [0.29, 0.717) is 12.1 Å². The van der Waals surface area contributed by atoms with E-state index >= 15 is 0 Å². The van der Waals surface area contributed by atoms with Crippen molar-refractivity contribution in [1.82, 2.24) is 10.2 Å². The first-order valence-electron chi connectivity index (χ1n) is 9.69. The normalized spacial score (nSPS) is 11.6. The van der Waals surface area contributed by atoms with E-state index in [9.17, 15) is 19.7 Å². The number of nitro groups is 1. The first-order valence-corrected chi connectivity index (χ1v) is 9.69. The second kappa shape index (κ2) is 10.4. The van der Waals surface area contributed by atoms with E-state index < -0.39 is 11.0 Å². The van der Waals surface area contributed by atoms with Gasteiger partial charge in [-0.15, -0.1) is 0 Å². The van der Waals surface area contributed by atoms with Crippen LogP contribution < -0.4 is 5.32 Å². The summed E-state index contributed by atoms with van der Waals surface area (Å²) in [6.07, 6.45) is 0.648. The van der Waals surface area contributed by atoms with Crippen molar-refractivity contribution in [1.29, 1.82) is 0 Å². The molecule has 1 atom stereocenters. The average molecular weight is 397 g/mol. The zero-order chi connectivity index (χ0) is 21.4. The van der Waals surface area contributed by atoms with Gasteiger partial charge in [-0.1, -0.05) is 49.4 Å². The van der Waals surface area contributed by atoms with Gasteiger partial charge < -0.3 is 10.2 Å². The van der Waals surface area contributed by atoms with Crippen LogP contribution in [-0.2, 0) is 22.6 Å². The van der Waals surface area contributed by atoms with E-state index in [-0.39, 0.29) is 30.5 Å². The first-order chi connectivity index (χ1) is 13.8. The Morgan fingerprint density at radius 2 is 1.72 bits per heavy atom. The van der Waals surface area contributed by atoms with Gasteiger partial charge in [0.1, 0.15) is 6.04 Å². The molecule has 2 aromatic rings. The Morgan fingerprint density at radius 3 is 2.34 bits per heavy atom. The topological polar surface area (TPSA) is 92.6 Å². The molecule has 0 aliphatic rings. The number of para-hydroxylation sites is 1. The number of hydrogen-bond acceptors (Lipinski definition) is 4. The largest absolute Gasteiger partial charge is 0.354 e.